The van der Waals surface area contributed by atoms with Crippen molar-refractivity contribution in [1.29, 1.82) is 0 Å². The monoisotopic (exact) mass is 404 g/mol. The number of hydrogen-bond donors (Lipinski definition) is 1. The lowest BCUT2D eigenvalue weighted by molar-refractivity contribution is -0.119. The van der Waals surface area contributed by atoms with E-state index < -0.39 is 10.0 Å². The van der Waals surface area contributed by atoms with Crippen LogP contribution in [0.1, 0.15) is 39.5 Å². The van der Waals surface area contributed by atoms with Gasteiger partial charge in [0.15, 0.2) is 0 Å². The van der Waals surface area contributed by atoms with Crippen LogP contribution >= 0.6 is 11.6 Å². The molecule has 0 aliphatic carbocycles. The molecule has 0 radical (unpaired) electrons. The first kappa shape index (κ1) is 22.6. The molecule has 0 heterocycles. The molecule has 1 aromatic carbocycles. The van der Waals surface area contributed by atoms with Crippen molar-refractivity contribution in [2.75, 3.05) is 30.8 Å². The SMILES string of the molecule is CCCC[C@@H](CC)CNC(=O)CN(c1cc(Cl)ccc1OC)S(C)(=O)=O. The maximum atomic E-state index is 12.4. The van der Waals surface area contributed by atoms with Crippen molar-refractivity contribution in [1.82, 2.24) is 5.32 Å². The number of ether oxygens (including phenoxy) is 1. The summed E-state index contributed by atoms with van der Waals surface area (Å²) in [5.74, 6) is 0.376. The van der Waals surface area contributed by atoms with Crippen LogP contribution < -0.4 is 14.4 Å². The Morgan fingerprint density at radius 3 is 2.58 bits per heavy atom. The number of halogens is 1. The second kappa shape index (κ2) is 10.6. The molecule has 1 atom stereocenters. The molecule has 1 amide bonds. The van der Waals surface area contributed by atoms with Gasteiger partial charge in [-0.25, -0.2) is 8.42 Å². The fraction of sp³-hybridized carbons (Fsp3) is 0.611. The van der Waals surface area contributed by atoms with E-state index in [4.69, 9.17) is 16.3 Å². The summed E-state index contributed by atoms with van der Waals surface area (Å²) in [6.45, 7) is 4.44. The first-order chi connectivity index (χ1) is 12.2. The molecule has 1 aromatic rings. The molecule has 0 saturated heterocycles. The standard InChI is InChI=1S/C18H29ClN2O4S/c1-5-7-8-14(6-2)12-20-18(22)13-21(26(4,23)24)16-11-15(19)9-10-17(16)25-3/h9-11,14H,5-8,12-13H2,1-4H3,(H,20,22)/t14-/m1/s1. The normalized spacial score (nSPS) is 12.5. The Hall–Kier alpha value is -1.47. The van der Waals surface area contributed by atoms with E-state index in [1.807, 2.05) is 0 Å². The number of anilines is 1. The van der Waals surface area contributed by atoms with E-state index in [0.717, 1.165) is 36.2 Å². The summed E-state index contributed by atoms with van der Waals surface area (Å²) in [6, 6.07) is 4.65. The minimum Gasteiger partial charge on any atom is -0.495 e. The Morgan fingerprint density at radius 1 is 1.35 bits per heavy atom. The van der Waals surface area contributed by atoms with Crippen molar-refractivity contribution in [2.45, 2.75) is 39.5 Å². The summed E-state index contributed by atoms with van der Waals surface area (Å²) in [7, 11) is -2.25. The van der Waals surface area contributed by atoms with Crippen LogP contribution in [0, 0.1) is 5.92 Å². The van der Waals surface area contributed by atoms with Gasteiger partial charge < -0.3 is 10.1 Å². The molecule has 0 aromatic heterocycles. The topological polar surface area (TPSA) is 75.7 Å². The van der Waals surface area contributed by atoms with Crippen LogP contribution in [0.5, 0.6) is 5.75 Å². The second-order valence-electron chi connectivity index (χ2n) is 6.31. The molecule has 6 nitrogen and oxygen atoms in total. The number of nitrogens with zero attached hydrogens (tertiary/aromatic N) is 1. The van der Waals surface area contributed by atoms with Gasteiger partial charge in [-0.2, -0.15) is 0 Å². The van der Waals surface area contributed by atoms with Crippen LogP contribution in [0.15, 0.2) is 18.2 Å². The fourth-order valence-electron chi connectivity index (χ4n) is 2.63. The lowest BCUT2D eigenvalue weighted by atomic mass is 9.99. The minimum atomic E-state index is -3.69. The summed E-state index contributed by atoms with van der Waals surface area (Å²) in [5.41, 5.74) is 0.246. The Morgan fingerprint density at radius 2 is 2.04 bits per heavy atom. The molecule has 26 heavy (non-hydrogen) atoms. The zero-order valence-corrected chi connectivity index (χ0v) is 17.5. The van der Waals surface area contributed by atoms with Crippen LogP contribution in [-0.4, -0.2) is 40.8 Å². The van der Waals surface area contributed by atoms with Gasteiger partial charge in [0, 0.05) is 11.6 Å². The number of hydrogen-bond acceptors (Lipinski definition) is 4. The number of sulfonamides is 1. The van der Waals surface area contributed by atoms with E-state index in [9.17, 15) is 13.2 Å². The average molecular weight is 405 g/mol. The van der Waals surface area contributed by atoms with Gasteiger partial charge in [0.05, 0.1) is 19.1 Å². The fourth-order valence-corrected chi connectivity index (χ4v) is 3.65. The predicted octanol–water partition coefficient (Wildman–Crippen LogP) is 3.45. The van der Waals surface area contributed by atoms with Crippen molar-refractivity contribution >= 4 is 33.2 Å². The van der Waals surface area contributed by atoms with Crippen LogP contribution in [0.2, 0.25) is 5.02 Å². The number of rotatable bonds is 11. The Labute approximate surface area is 161 Å². The third-order valence-electron chi connectivity index (χ3n) is 4.23. The maximum Gasteiger partial charge on any atom is 0.240 e. The third kappa shape index (κ3) is 7.03. The van der Waals surface area contributed by atoms with Crippen molar-refractivity contribution in [3.05, 3.63) is 23.2 Å². The highest BCUT2D eigenvalue weighted by Gasteiger charge is 2.24. The molecule has 148 valence electrons. The summed E-state index contributed by atoms with van der Waals surface area (Å²) in [6.07, 6.45) is 5.30. The number of unbranched alkanes of at least 4 members (excludes halogenated alkanes) is 1. The van der Waals surface area contributed by atoms with Gasteiger partial charge in [0.1, 0.15) is 12.3 Å². The summed E-state index contributed by atoms with van der Waals surface area (Å²) < 4.78 is 30.7. The van der Waals surface area contributed by atoms with E-state index in [2.05, 4.69) is 19.2 Å². The number of amides is 1. The zero-order valence-electron chi connectivity index (χ0n) is 15.9. The molecule has 0 bridgehead atoms. The molecule has 0 aliphatic heterocycles. The van der Waals surface area contributed by atoms with Gasteiger partial charge >= 0.3 is 0 Å². The Bertz CT molecular complexity index is 694. The summed E-state index contributed by atoms with van der Waals surface area (Å²) in [4.78, 5) is 12.4. The number of benzene rings is 1. The van der Waals surface area contributed by atoms with E-state index >= 15 is 0 Å². The van der Waals surface area contributed by atoms with Crippen molar-refractivity contribution in [2.24, 2.45) is 5.92 Å². The zero-order chi connectivity index (χ0) is 19.7. The predicted molar refractivity (Wildman–Crippen MR) is 107 cm³/mol. The summed E-state index contributed by atoms with van der Waals surface area (Å²) >= 11 is 6.00. The molecule has 0 spiro atoms. The smallest absolute Gasteiger partial charge is 0.240 e. The lowest BCUT2D eigenvalue weighted by Gasteiger charge is -2.24. The first-order valence-corrected chi connectivity index (χ1v) is 11.0. The lowest BCUT2D eigenvalue weighted by Crippen LogP contribution is -2.41. The van der Waals surface area contributed by atoms with Crippen LogP contribution in [0.4, 0.5) is 5.69 Å². The highest BCUT2D eigenvalue weighted by atomic mass is 35.5. The molecule has 0 fully saturated rings. The quantitative estimate of drug-likeness (QED) is 0.612. The number of carbonyl (C=O) groups is 1. The number of carbonyl (C=O) groups excluding carboxylic acids is 1. The highest BCUT2D eigenvalue weighted by Crippen LogP contribution is 2.32. The molecule has 8 heteroatoms. The van der Waals surface area contributed by atoms with Gasteiger partial charge in [-0.3, -0.25) is 9.10 Å². The van der Waals surface area contributed by atoms with E-state index in [1.54, 1.807) is 12.1 Å². The second-order valence-corrected chi connectivity index (χ2v) is 8.65. The Kier molecular flexibility index (Phi) is 9.22. The molecule has 0 saturated carbocycles. The van der Waals surface area contributed by atoms with Crippen LogP contribution in [0.25, 0.3) is 0 Å². The number of nitrogens with one attached hydrogen (secondary N) is 1. The van der Waals surface area contributed by atoms with Gasteiger partial charge in [-0.15, -0.1) is 0 Å². The maximum absolute atomic E-state index is 12.4. The molecule has 0 unspecified atom stereocenters. The highest BCUT2D eigenvalue weighted by molar-refractivity contribution is 7.92. The van der Waals surface area contributed by atoms with E-state index in [-0.39, 0.29) is 18.1 Å². The molecular formula is C18H29ClN2O4S. The summed E-state index contributed by atoms with van der Waals surface area (Å²) in [5, 5.41) is 3.21. The van der Waals surface area contributed by atoms with Crippen molar-refractivity contribution in [3.8, 4) is 5.75 Å². The van der Waals surface area contributed by atoms with Crippen LogP contribution in [-0.2, 0) is 14.8 Å². The van der Waals surface area contributed by atoms with E-state index in [1.165, 1.54) is 13.2 Å². The van der Waals surface area contributed by atoms with Crippen LogP contribution in [0.3, 0.4) is 0 Å². The van der Waals surface area contributed by atoms with Crippen molar-refractivity contribution in [3.63, 3.8) is 0 Å². The first-order valence-electron chi connectivity index (χ1n) is 8.80. The number of methoxy groups -OCH3 is 1. The van der Waals surface area contributed by atoms with Gasteiger partial charge in [-0.1, -0.05) is 44.7 Å². The third-order valence-corrected chi connectivity index (χ3v) is 5.59. The van der Waals surface area contributed by atoms with Gasteiger partial charge in [-0.05, 0) is 30.5 Å². The molecular weight excluding hydrogens is 376 g/mol. The Balaban J connectivity index is 2.90. The minimum absolute atomic E-state index is 0.246. The molecule has 0 aliphatic rings. The van der Waals surface area contributed by atoms with Crippen molar-refractivity contribution < 1.29 is 17.9 Å². The van der Waals surface area contributed by atoms with Gasteiger partial charge in [0.25, 0.3) is 0 Å². The van der Waals surface area contributed by atoms with Gasteiger partial charge in [0.2, 0.25) is 15.9 Å². The largest absolute Gasteiger partial charge is 0.495 e. The molecule has 1 rings (SSSR count). The average Bonchev–Trinajstić information content (AvgIpc) is 2.58. The molecule has 1 N–H and O–H groups in total. The van der Waals surface area contributed by atoms with E-state index in [0.29, 0.717) is 23.2 Å².